The number of anilines is 2. The summed E-state index contributed by atoms with van der Waals surface area (Å²) in [7, 11) is 1.56. The number of amides is 2. The van der Waals surface area contributed by atoms with E-state index in [0.29, 0.717) is 35.1 Å². The van der Waals surface area contributed by atoms with E-state index in [9.17, 15) is 9.59 Å². The molecular formula is C21H20N4O4. The lowest BCUT2D eigenvalue weighted by molar-refractivity contribution is -0.122. The number of nitrogens with one attached hydrogen (secondary N) is 1. The number of carbonyl (C=O) groups is 2. The van der Waals surface area contributed by atoms with E-state index in [0.717, 1.165) is 5.56 Å². The van der Waals surface area contributed by atoms with E-state index in [-0.39, 0.29) is 18.2 Å². The number of methoxy groups -OCH3 is 1. The Kier molecular flexibility index (Phi) is 4.99. The van der Waals surface area contributed by atoms with Crippen molar-refractivity contribution >= 4 is 23.2 Å². The fourth-order valence-electron chi connectivity index (χ4n) is 3.40. The average Bonchev–Trinajstić information content (AvgIpc) is 3.38. The predicted octanol–water partition coefficient (Wildman–Crippen LogP) is 3.05. The van der Waals surface area contributed by atoms with Gasteiger partial charge in [0.2, 0.25) is 24.1 Å². The molecule has 1 saturated heterocycles. The van der Waals surface area contributed by atoms with Gasteiger partial charge in [0.1, 0.15) is 5.75 Å². The lowest BCUT2D eigenvalue weighted by Gasteiger charge is -2.20. The second kappa shape index (κ2) is 7.75. The normalized spacial score (nSPS) is 16.1. The fourth-order valence-corrected chi connectivity index (χ4v) is 3.40. The molecule has 4 rings (SSSR count). The summed E-state index contributed by atoms with van der Waals surface area (Å²) >= 11 is 0. The first-order valence-corrected chi connectivity index (χ1v) is 9.17. The van der Waals surface area contributed by atoms with Gasteiger partial charge in [-0.25, -0.2) is 0 Å². The van der Waals surface area contributed by atoms with Crippen LogP contribution in [0.1, 0.15) is 12.0 Å². The van der Waals surface area contributed by atoms with Crippen LogP contribution in [0.2, 0.25) is 0 Å². The van der Waals surface area contributed by atoms with Crippen molar-refractivity contribution in [1.82, 2.24) is 10.2 Å². The number of carbonyl (C=O) groups excluding carboxylic acids is 2. The van der Waals surface area contributed by atoms with E-state index in [4.69, 9.17) is 9.15 Å². The monoisotopic (exact) mass is 392 g/mol. The Morgan fingerprint density at radius 2 is 2.14 bits per heavy atom. The minimum atomic E-state index is -0.459. The molecule has 29 heavy (non-hydrogen) atoms. The van der Waals surface area contributed by atoms with Crippen LogP contribution in [0.4, 0.5) is 11.4 Å². The van der Waals surface area contributed by atoms with Crippen LogP contribution in [0.15, 0.2) is 53.3 Å². The van der Waals surface area contributed by atoms with Crippen LogP contribution in [0.3, 0.4) is 0 Å². The molecule has 148 valence electrons. The van der Waals surface area contributed by atoms with Gasteiger partial charge in [0.15, 0.2) is 0 Å². The molecule has 1 unspecified atom stereocenters. The number of nitrogens with zero attached hydrogens (tertiary/aromatic N) is 3. The van der Waals surface area contributed by atoms with Crippen LogP contribution in [0.25, 0.3) is 11.5 Å². The summed E-state index contributed by atoms with van der Waals surface area (Å²) < 4.78 is 10.6. The third-order valence-corrected chi connectivity index (χ3v) is 4.86. The summed E-state index contributed by atoms with van der Waals surface area (Å²) in [5.41, 5.74) is 3.00. The highest BCUT2D eigenvalue weighted by molar-refractivity contribution is 6.04. The number of benzene rings is 2. The number of ether oxygens (including phenoxy) is 1. The molecule has 8 nitrogen and oxygen atoms in total. The summed E-state index contributed by atoms with van der Waals surface area (Å²) in [5.74, 6) is 0.204. The summed E-state index contributed by atoms with van der Waals surface area (Å²) in [5, 5.41) is 10.4. The van der Waals surface area contributed by atoms with Crippen LogP contribution in [-0.4, -0.2) is 35.7 Å². The quantitative estimate of drug-likeness (QED) is 0.717. The average molecular weight is 392 g/mol. The lowest BCUT2D eigenvalue weighted by Crippen LogP contribution is -2.28. The third kappa shape index (κ3) is 3.82. The van der Waals surface area contributed by atoms with Gasteiger partial charge in [-0.1, -0.05) is 12.1 Å². The molecular weight excluding hydrogens is 372 g/mol. The summed E-state index contributed by atoms with van der Waals surface area (Å²) in [6.07, 6.45) is 1.39. The molecule has 1 atom stereocenters. The number of aryl methyl sites for hydroxylation is 1. The van der Waals surface area contributed by atoms with Crippen LogP contribution in [0, 0.1) is 12.8 Å². The maximum Gasteiger partial charge on any atom is 0.247 e. The summed E-state index contributed by atoms with van der Waals surface area (Å²) in [6.45, 7) is 2.25. The van der Waals surface area contributed by atoms with Gasteiger partial charge in [0.25, 0.3) is 0 Å². The van der Waals surface area contributed by atoms with E-state index >= 15 is 0 Å². The topological polar surface area (TPSA) is 97.6 Å². The third-order valence-electron chi connectivity index (χ3n) is 4.86. The number of hydrogen-bond donors (Lipinski definition) is 1. The van der Waals surface area contributed by atoms with Crippen molar-refractivity contribution in [3.8, 4) is 17.2 Å². The van der Waals surface area contributed by atoms with E-state index in [1.54, 1.807) is 30.2 Å². The molecule has 2 amide bonds. The van der Waals surface area contributed by atoms with Gasteiger partial charge in [-0.2, -0.15) is 0 Å². The van der Waals surface area contributed by atoms with Gasteiger partial charge in [-0.05, 0) is 42.8 Å². The predicted molar refractivity (Wildman–Crippen MR) is 107 cm³/mol. The molecule has 0 radical (unpaired) electrons. The summed E-state index contributed by atoms with van der Waals surface area (Å²) in [6, 6.07) is 12.8. The highest BCUT2D eigenvalue weighted by Crippen LogP contribution is 2.34. The minimum absolute atomic E-state index is 0.103. The number of aromatic nitrogens is 2. The first kappa shape index (κ1) is 18.7. The van der Waals surface area contributed by atoms with Gasteiger partial charge >= 0.3 is 0 Å². The van der Waals surface area contributed by atoms with Gasteiger partial charge in [-0.3, -0.25) is 9.59 Å². The highest BCUT2D eigenvalue weighted by Gasteiger charge is 2.36. The Labute approximate surface area is 167 Å². The van der Waals surface area contributed by atoms with Crippen molar-refractivity contribution in [3.05, 3.63) is 54.4 Å². The Bertz CT molecular complexity index is 1050. The maximum atomic E-state index is 12.8. The first-order chi connectivity index (χ1) is 14.0. The molecule has 1 N–H and O–H groups in total. The smallest absolute Gasteiger partial charge is 0.247 e. The van der Waals surface area contributed by atoms with Gasteiger partial charge in [-0.15, -0.1) is 10.2 Å². The number of rotatable bonds is 5. The van der Waals surface area contributed by atoms with Crippen LogP contribution in [-0.2, 0) is 9.59 Å². The molecule has 2 heterocycles. The van der Waals surface area contributed by atoms with Gasteiger partial charge in [0.05, 0.1) is 18.7 Å². The molecule has 1 aliphatic heterocycles. The van der Waals surface area contributed by atoms with Crippen molar-refractivity contribution < 1.29 is 18.7 Å². The number of hydrogen-bond acceptors (Lipinski definition) is 6. The zero-order chi connectivity index (χ0) is 20.4. The molecule has 0 aliphatic carbocycles. The minimum Gasteiger partial charge on any atom is -0.495 e. The van der Waals surface area contributed by atoms with E-state index in [1.165, 1.54) is 6.39 Å². The lowest BCUT2D eigenvalue weighted by atomic mass is 10.1. The van der Waals surface area contributed by atoms with E-state index in [2.05, 4.69) is 15.5 Å². The molecule has 1 aromatic heterocycles. The van der Waals surface area contributed by atoms with Crippen molar-refractivity contribution in [1.29, 1.82) is 0 Å². The van der Waals surface area contributed by atoms with Gasteiger partial charge < -0.3 is 19.4 Å². The first-order valence-electron chi connectivity index (χ1n) is 9.17. The van der Waals surface area contributed by atoms with Crippen LogP contribution >= 0.6 is 0 Å². The molecule has 0 spiro atoms. The van der Waals surface area contributed by atoms with Gasteiger partial charge in [0, 0.05) is 24.2 Å². The Hall–Kier alpha value is -3.68. The van der Waals surface area contributed by atoms with Crippen molar-refractivity contribution in [2.24, 2.45) is 5.92 Å². The van der Waals surface area contributed by atoms with E-state index < -0.39 is 5.92 Å². The summed E-state index contributed by atoms with van der Waals surface area (Å²) in [4.78, 5) is 27.0. The molecule has 0 saturated carbocycles. The second-order valence-corrected chi connectivity index (χ2v) is 6.89. The highest BCUT2D eigenvalue weighted by atomic mass is 16.5. The Balaban J connectivity index is 1.49. The van der Waals surface area contributed by atoms with Crippen molar-refractivity contribution in [2.45, 2.75) is 13.3 Å². The van der Waals surface area contributed by atoms with Crippen molar-refractivity contribution in [3.63, 3.8) is 0 Å². The second-order valence-electron chi connectivity index (χ2n) is 6.89. The zero-order valence-corrected chi connectivity index (χ0v) is 16.1. The van der Waals surface area contributed by atoms with Crippen LogP contribution in [0.5, 0.6) is 5.75 Å². The van der Waals surface area contributed by atoms with Crippen molar-refractivity contribution in [2.75, 3.05) is 23.9 Å². The molecule has 0 bridgehead atoms. The maximum absolute atomic E-state index is 12.8. The molecule has 1 aliphatic rings. The largest absolute Gasteiger partial charge is 0.495 e. The fraction of sp³-hybridized carbons (Fsp3) is 0.238. The van der Waals surface area contributed by atoms with E-state index in [1.807, 2.05) is 31.2 Å². The Morgan fingerprint density at radius 1 is 1.28 bits per heavy atom. The SMILES string of the molecule is COc1ccc(C)cc1N1CC(C(=O)Nc2cccc(-c3nnco3)c2)CC1=O. The molecule has 3 aromatic rings. The Morgan fingerprint density at radius 3 is 2.90 bits per heavy atom. The standard InChI is InChI=1S/C21H20N4O4/c1-13-6-7-18(28-2)17(8-13)25-11-15(10-19(25)26)20(27)23-16-5-3-4-14(9-16)21-24-22-12-29-21/h3-9,12,15H,10-11H2,1-2H3,(H,23,27). The zero-order valence-electron chi connectivity index (χ0n) is 16.1. The van der Waals surface area contributed by atoms with Crippen LogP contribution < -0.4 is 15.0 Å². The molecule has 8 heteroatoms. The molecule has 1 fully saturated rings. The molecule has 2 aromatic carbocycles.